The molecule has 8 heteroatoms. The number of carbonyl (C=O) groups is 1. The topological polar surface area (TPSA) is 113 Å². The van der Waals surface area contributed by atoms with E-state index >= 15 is 0 Å². The van der Waals surface area contributed by atoms with Gasteiger partial charge in [-0.3, -0.25) is 4.79 Å². The highest BCUT2D eigenvalue weighted by Gasteiger charge is 2.10. The Balaban J connectivity index is 2.50. The van der Waals surface area contributed by atoms with Crippen LogP contribution in [0.2, 0.25) is 0 Å². The van der Waals surface area contributed by atoms with Crippen molar-refractivity contribution >= 4 is 27.7 Å². The molecule has 0 aromatic carbocycles. The van der Waals surface area contributed by atoms with E-state index in [1.165, 1.54) is 23.3 Å². The minimum Gasteiger partial charge on any atom is -0.381 e. The van der Waals surface area contributed by atoms with Crippen LogP contribution in [0.1, 0.15) is 10.4 Å². The van der Waals surface area contributed by atoms with Crippen molar-refractivity contribution in [1.82, 2.24) is 19.7 Å². The number of carbonyl (C=O) groups excluding carboxylic acids is 1. The Morgan fingerprint density at radius 3 is 2.81 bits per heavy atom. The van der Waals surface area contributed by atoms with Gasteiger partial charge in [-0.05, 0) is 15.9 Å². The molecule has 0 atom stereocenters. The van der Waals surface area contributed by atoms with Crippen molar-refractivity contribution in [2.45, 2.75) is 0 Å². The Morgan fingerprint density at radius 1 is 1.44 bits per heavy atom. The number of primary amides is 1. The Labute approximate surface area is 98.6 Å². The lowest BCUT2D eigenvalue weighted by atomic mass is 10.3. The molecule has 0 aliphatic carbocycles. The van der Waals surface area contributed by atoms with Gasteiger partial charge >= 0.3 is 0 Å². The van der Waals surface area contributed by atoms with Crippen LogP contribution in [-0.2, 0) is 0 Å². The van der Waals surface area contributed by atoms with Crippen molar-refractivity contribution in [2.75, 3.05) is 5.73 Å². The number of nitrogen functional groups attached to an aromatic ring is 1. The van der Waals surface area contributed by atoms with Gasteiger partial charge in [-0.15, -0.1) is 0 Å². The first-order valence-electron chi connectivity index (χ1n) is 4.21. The monoisotopic (exact) mass is 282 g/mol. The van der Waals surface area contributed by atoms with Crippen LogP contribution in [-0.4, -0.2) is 25.7 Å². The molecule has 2 aromatic heterocycles. The van der Waals surface area contributed by atoms with Gasteiger partial charge in [0.15, 0.2) is 11.6 Å². The van der Waals surface area contributed by atoms with E-state index in [1.807, 2.05) is 0 Å². The van der Waals surface area contributed by atoms with E-state index in [1.54, 1.807) is 0 Å². The molecule has 0 spiro atoms. The van der Waals surface area contributed by atoms with Crippen LogP contribution in [0.15, 0.2) is 23.2 Å². The molecule has 0 aliphatic rings. The molecule has 7 nitrogen and oxygen atoms in total. The zero-order valence-corrected chi connectivity index (χ0v) is 9.55. The fraction of sp³-hybridized carbons (Fsp3) is 0. The number of halogens is 1. The van der Waals surface area contributed by atoms with Gasteiger partial charge in [-0.2, -0.15) is 5.10 Å². The molecule has 0 bridgehead atoms. The number of rotatable bonds is 2. The molecular formula is C8H7BrN6O. The average Bonchev–Trinajstić information content (AvgIpc) is 2.70. The predicted octanol–water partition coefficient (Wildman–Crippen LogP) is 0.106. The van der Waals surface area contributed by atoms with Crippen LogP contribution in [0.4, 0.5) is 5.82 Å². The maximum atomic E-state index is 10.9. The molecule has 0 saturated carbocycles. The molecule has 0 aliphatic heterocycles. The molecule has 0 radical (unpaired) electrons. The third kappa shape index (κ3) is 1.87. The Hall–Kier alpha value is -1.96. The lowest BCUT2D eigenvalue weighted by molar-refractivity contribution is 0.100. The first kappa shape index (κ1) is 10.6. The molecule has 82 valence electrons. The van der Waals surface area contributed by atoms with Crippen molar-refractivity contribution in [1.29, 1.82) is 0 Å². The number of amides is 1. The van der Waals surface area contributed by atoms with Crippen LogP contribution in [0.3, 0.4) is 0 Å². The largest absolute Gasteiger partial charge is 0.381 e. The molecule has 4 N–H and O–H groups in total. The van der Waals surface area contributed by atoms with E-state index in [-0.39, 0.29) is 11.4 Å². The minimum atomic E-state index is -0.562. The zero-order chi connectivity index (χ0) is 11.7. The van der Waals surface area contributed by atoms with E-state index in [4.69, 9.17) is 11.5 Å². The number of anilines is 1. The Bertz CT molecular complexity index is 551. The predicted molar refractivity (Wildman–Crippen MR) is 59.8 cm³/mol. The first-order valence-corrected chi connectivity index (χ1v) is 5.00. The summed E-state index contributed by atoms with van der Waals surface area (Å²) in [5, 5.41) is 3.92. The first-order chi connectivity index (χ1) is 7.58. The normalized spacial score (nSPS) is 10.3. The third-order valence-electron chi connectivity index (χ3n) is 1.84. The summed E-state index contributed by atoms with van der Waals surface area (Å²) in [6.45, 7) is 0. The van der Waals surface area contributed by atoms with Crippen LogP contribution >= 0.6 is 15.9 Å². The summed E-state index contributed by atoms with van der Waals surface area (Å²) < 4.78 is 1.86. The van der Waals surface area contributed by atoms with Gasteiger partial charge in [0.2, 0.25) is 0 Å². The van der Waals surface area contributed by atoms with Gasteiger partial charge in [-0.1, -0.05) is 0 Å². The zero-order valence-electron chi connectivity index (χ0n) is 7.96. The highest BCUT2D eigenvalue weighted by molar-refractivity contribution is 9.10. The molecule has 2 aromatic rings. The van der Waals surface area contributed by atoms with E-state index in [0.29, 0.717) is 10.4 Å². The molecule has 0 unspecified atom stereocenters. The number of hydrogen-bond acceptors (Lipinski definition) is 5. The van der Waals surface area contributed by atoms with Gasteiger partial charge in [0.25, 0.3) is 5.91 Å². The van der Waals surface area contributed by atoms with E-state index < -0.39 is 5.91 Å². The van der Waals surface area contributed by atoms with Crippen LogP contribution < -0.4 is 11.5 Å². The standard InChI is InChI=1S/C8H7BrN6O/c9-5-2-12-6(10)8(14-5)15-3-4(1-13-15)7(11)16/h1-3H,(H2,10,12)(H2,11,16). The van der Waals surface area contributed by atoms with Gasteiger partial charge in [0, 0.05) is 6.20 Å². The lowest BCUT2D eigenvalue weighted by Gasteiger charge is -2.02. The van der Waals surface area contributed by atoms with Gasteiger partial charge in [-0.25, -0.2) is 14.6 Å². The maximum Gasteiger partial charge on any atom is 0.251 e. The number of nitrogens with two attached hydrogens (primary N) is 2. The van der Waals surface area contributed by atoms with Gasteiger partial charge < -0.3 is 11.5 Å². The molecule has 0 saturated heterocycles. The molecule has 2 rings (SSSR count). The Kier molecular flexibility index (Phi) is 2.57. The summed E-state index contributed by atoms with van der Waals surface area (Å²) in [5.41, 5.74) is 11.0. The molecule has 0 fully saturated rings. The SMILES string of the molecule is NC(=O)c1cnn(-c2nc(Br)cnc2N)c1. The number of nitrogens with zero attached hydrogens (tertiary/aromatic N) is 4. The summed E-state index contributed by atoms with van der Waals surface area (Å²) in [6, 6.07) is 0. The molecule has 2 heterocycles. The van der Waals surface area contributed by atoms with Crippen molar-refractivity contribution in [2.24, 2.45) is 5.73 Å². The number of hydrogen-bond donors (Lipinski definition) is 2. The van der Waals surface area contributed by atoms with E-state index in [9.17, 15) is 4.79 Å². The fourth-order valence-corrected chi connectivity index (χ4v) is 1.37. The Morgan fingerprint density at radius 2 is 2.19 bits per heavy atom. The van der Waals surface area contributed by atoms with Crippen LogP contribution in [0.25, 0.3) is 5.82 Å². The third-order valence-corrected chi connectivity index (χ3v) is 2.22. The van der Waals surface area contributed by atoms with Gasteiger partial charge in [0.1, 0.15) is 4.60 Å². The maximum absolute atomic E-state index is 10.9. The fourth-order valence-electron chi connectivity index (χ4n) is 1.10. The summed E-state index contributed by atoms with van der Waals surface area (Å²) in [6.07, 6.45) is 4.25. The second kappa shape index (κ2) is 3.89. The van der Waals surface area contributed by atoms with Crippen molar-refractivity contribution in [3.63, 3.8) is 0 Å². The summed E-state index contributed by atoms with van der Waals surface area (Å²) in [4.78, 5) is 18.9. The molecule has 16 heavy (non-hydrogen) atoms. The van der Waals surface area contributed by atoms with Crippen LogP contribution in [0, 0.1) is 0 Å². The second-order valence-corrected chi connectivity index (χ2v) is 3.75. The van der Waals surface area contributed by atoms with Crippen LogP contribution in [0.5, 0.6) is 0 Å². The minimum absolute atomic E-state index is 0.210. The summed E-state index contributed by atoms with van der Waals surface area (Å²) in [5.74, 6) is -0.0167. The van der Waals surface area contributed by atoms with Crippen molar-refractivity contribution < 1.29 is 4.79 Å². The average molecular weight is 283 g/mol. The summed E-state index contributed by atoms with van der Waals surface area (Å²) >= 11 is 3.17. The van der Waals surface area contributed by atoms with Crippen molar-refractivity contribution in [3.05, 3.63) is 28.8 Å². The van der Waals surface area contributed by atoms with E-state index in [2.05, 4.69) is 31.0 Å². The number of aromatic nitrogens is 4. The lowest BCUT2D eigenvalue weighted by Crippen LogP contribution is -2.10. The highest BCUT2D eigenvalue weighted by atomic mass is 79.9. The molecule has 1 amide bonds. The van der Waals surface area contributed by atoms with E-state index in [0.717, 1.165) is 0 Å². The highest BCUT2D eigenvalue weighted by Crippen LogP contribution is 2.14. The van der Waals surface area contributed by atoms with Gasteiger partial charge in [0.05, 0.1) is 18.0 Å². The smallest absolute Gasteiger partial charge is 0.251 e. The molecular weight excluding hydrogens is 276 g/mol. The van der Waals surface area contributed by atoms with Crippen molar-refractivity contribution in [3.8, 4) is 5.82 Å². The summed E-state index contributed by atoms with van der Waals surface area (Å²) in [7, 11) is 0. The second-order valence-electron chi connectivity index (χ2n) is 2.94. The quantitative estimate of drug-likeness (QED) is 0.811.